The van der Waals surface area contributed by atoms with Crippen molar-refractivity contribution in [2.24, 2.45) is 5.84 Å². The van der Waals surface area contributed by atoms with Gasteiger partial charge in [0, 0.05) is 36.3 Å². The van der Waals surface area contributed by atoms with Gasteiger partial charge in [-0.3, -0.25) is 4.90 Å². The van der Waals surface area contributed by atoms with Gasteiger partial charge in [-0.15, -0.1) is 0 Å². The van der Waals surface area contributed by atoms with E-state index in [2.05, 4.69) is 47.0 Å². The van der Waals surface area contributed by atoms with E-state index < -0.39 is 0 Å². The summed E-state index contributed by atoms with van der Waals surface area (Å²) in [5.41, 5.74) is 3.79. The normalized spacial score (nSPS) is 25.8. The molecular weight excluding hydrogens is 232 g/mol. The van der Waals surface area contributed by atoms with E-state index in [9.17, 15) is 0 Å². The van der Waals surface area contributed by atoms with E-state index in [0.29, 0.717) is 5.82 Å². The Balaban J connectivity index is 1.95. The number of anilines is 1. The van der Waals surface area contributed by atoms with E-state index >= 15 is 0 Å². The van der Waals surface area contributed by atoms with Crippen molar-refractivity contribution >= 4 is 17.6 Å². The molecule has 2 atom stereocenters. The summed E-state index contributed by atoms with van der Waals surface area (Å²) in [7, 11) is 0. The molecule has 1 aromatic rings. The van der Waals surface area contributed by atoms with Crippen LogP contribution in [-0.4, -0.2) is 33.5 Å². The average molecular weight is 252 g/mol. The molecule has 1 aromatic heterocycles. The molecule has 1 aliphatic rings. The predicted octanol–water partition coefficient (Wildman–Crippen LogP) is 1.69. The highest BCUT2D eigenvalue weighted by Gasteiger charge is 2.21. The highest BCUT2D eigenvalue weighted by Crippen LogP contribution is 2.25. The molecule has 0 amide bonds. The summed E-state index contributed by atoms with van der Waals surface area (Å²) in [5.74, 6) is 6.01. The monoisotopic (exact) mass is 252 g/mol. The first-order chi connectivity index (χ1) is 8.17. The molecule has 0 aliphatic carbocycles. The minimum atomic E-state index is 0.713. The Labute approximate surface area is 107 Å². The SMILES string of the molecule is CC1CN(Cc2ccc(NN)nc2)CC(C)S1. The number of rotatable bonds is 3. The molecule has 3 N–H and O–H groups in total. The third-order valence-corrected chi connectivity index (χ3v) is 4.10. The van der Waals surface area contributed by atoms with Crippen LogP contribution in [0.1, 0.15) is 19.4 Å². The lowest BCUT2D eigenvalue weighted by Gasteiger charge is -2.34. The van der Waals surface area contributed by atoms with Gasteiger partial charge >= 0.3 is 0 Å². The van der Waals surface area contributed by atoms with Crippen LogP contribution in [0.25, 0.3) is 0 Å². The zero-order valence-electron chi connectivity index (χ0n) is 10.4. The average Bonchev–Trinajstić information content (AvgIpc) is 2.28. The Hall–Kier alpha value is -0.780. The largest absolute Gasteiger partial charge is 0.308 e. The first-order valence-electron chi connectivity index (χ1n) is 5.96. The predicted molar refractivity (Wildman–Crippen MR) is 73.8 cm³/mol. The van der Waals surface area contributed by atoms with Gasteiger partial charge in [0.2, 0.25) is 0 Å². The molecule has 0 spiro atoms. The molecule has 2 rings (SSSR count). The van der Waals surface area contributed by atoms with Gasteiger partial charge in [-0.05, 0) is 11.6 Å². The summed E-state index contributed by atoms with van der Waals surface area (Å²) in [6.07, 6.45) is 1.90. The number of nitrogens with zero attached hydrogens (tertiary/aromatic N) is 2. The third-order valence-electron chi connectivity index (χ3n) is 2.87. The first kappa shape index (κ1) is 12.7. The fraction of sp³-hybridized carbons (Fsp3) is 0.583. The Kier molecular flexibility index (Phi) is 4.25. The van der Waals surface area contributed by atoms with Gasteiger partial charge in [0.25, 0.3) is 0 Å². The molecule has 0 aromatic carbocycles. The third kappa shape index (κ3) is 3.59. The van der Waals surface area contributed by atoms with Crippen LogP contribution in [0.2, 0.25) is 0 Å². The zero-order valence-corrected chi connectivity index (χ0v) is 11.2. The molecule has 1 fully saturated rings. The number of aromatic nitrogens is 1. The molecular formula is C12H20N4S. The number of nitrogens with two attached hydrogens (primary N) is 1. The fourth-order valence-electron chi connectivity index (χ4n) is 2.28. The molecule has 1 aliphatic heterocycles. The van der Waals surface area contributed by atoms with E-state index in [4.69, 9.17) is 5.84 Å². The van der Waals surface area contributed by atoms with E-state index in [1.165, 1.54) is 5.56 Å². The Bertz CT molecular complexity index is 344. The summed E-state index contributed by atoms with van der Waals surface area (Å²) in [6, 6.07) is 4.00. The number of hydrogen-bond acceptors (Lipinski definition) is 5. The summed E-state index contributed by atoms with van der Waals surface area (Å²) in [6.45, 7) is 7.89. The lowest BCUT2D eigenvalue weighted by atomic mass is 10.2. The highest BCUT2D eigenvalue weighted by molar-refractivity contribution is 8.00. The van der Waals surface area contributed by atoms with Gasteiger partial charge in [-0.2, -0.15) is 11.8 Å². The Morgan fingerprint density at radius 3 is 2.65 bits per heavy atom. The number of nitrogen functional groups attached to an aromatic ring is 1. The molecule has 0 radical (unpaired) electrons. The topological polar surface area (TPSA) is 54.2 Å². The van der Waals surface area contributed by atoms with Gasteiger partial charge in [-0.25, -0.2) is 10.8 Å². The Morgan fingerprint density at radius 1 is 1.41 bits per heavy atom. The van der Waals surface area contributed by atoms with Crippen molar-refractivity contribution < 1.29 is 0 Å². The second kappa shape index (κ2) is 5.71. The van der Waals surface area contributed by atoms with E-state index in [-0.39, 0.29) is 0 Å². The highest BCUT2D eigenvalue weighted by atomic mass is 32.2. The van der Waals surface area contributed by atoms with Crippen LogP contribution in [0.5, 0.6) is 0 Å². The van der Waals surface area contributed by atoms with Gasteiger partial charge < -0.3 is 5.43 Å². The van der Waals surface area contributed by atoms with Gasteiger partial charge in [0.05, 0.1) is 0 Å². The number of thioether (sulfide) groups is 1. The molecule has 4 nitrogen and oxygen atoms in total. The van der Waals surface area contributed by atoms with Crippen molar-refractivity contribution in [1.29, 1.82) is 0 Å². The zero-order chi connectivity index (χ0) is 12.3. The van der Waals surface area contributed by atoms with Crippen molar-refractivity contribution in [3.05, 3.63) is 23.9 Å². The quantitative estimate of drug-likeness (QED) is 0.633. The van der Waals surface area contributed by atoms with Crippen LogP contribution in [0, 0.1) is 0 Å². The summed E-state index contributed by atoms with van der Waals surface area (Å²) in [5, 5.41) is 1.44. The summed E-state index contributed by atoms with van der Waals surface area (Å²) < 4.78 is 0. The van der Waals surface area contributed by atoms with Crippen LogP contribution in [-0.2, 0) is 6.54 Å². The summed E-state index contributed by atoms with van der Waals surface area (Å²) in [4.78, 5) is 6.73. The van der Waals surface area contributed by atoms with Gasteiger partial charge in [0.15, 0.2) is 0 Å². The molecule has 2 unspecified atom stereocenters. The van der Waals surface area contributed by atoms with Crippen LogP contribution in [0.4, 0.5) is 5.82 Å². The molecule has 0 saturated carbocycles. The van der Waals surface area contributed by atoms with Crippen molar-refractivity contribution in [2.45, 2.75) is 30.9 Å². The van der Waals surface area contributed by atoms with Crippen LogP contribution in [0.3, 0.4) is 0 Å². The van der Waals surface area contributed by atoms with Crippen LogP contribution in [0.15, 0.2) is 18.3 Å². The standard InChI is InChI=1S/C12H20N4S/c1-9-6-16(7-10(2)17-9)8-11-3-4-12(15-13)14-5-11/h3-5,9-10H,6-8,13H2,1-2H3,(H,14,15). The fourth-order valence-corrected chi connectivity index (χ4v) is 3.66. The molecule has 5 heteroatoms. The smallest absolute Gasteiger partial charge is 0.139 e. The maximum absolute atomic E-state index is 5.29. The van der Waals surface area contributed by atoms with Crippen molar-refractivity contribution in [1.82, 2.24) is 9.88 Å². The second-order valence-electron chi connectivity index (χ2n) is 4.65. The maximum Gasteiger partial charge on any atom is 0.139 e. The minimum Gasteiger partial charge on any atom is -0.308 e. The van der Waals surface area contributed by atoms with E-state index in [1.54, 1.807) is 0 Å². The number of hydrazine groups is 1. The summed E-state index contributed by atoms with van der Waals surface area (Å²) >= 11 is 2.08. The van der Waals surface area contributed by atoms with E-state index in [1.807, 2.05) is 12.3 Å². The lowest BCUT2D eigenvalue weighted by Crippen LogP contribution is -2.39. The van der Waals surface area contributed by atoms with E-state index in [0.717, 1.165) is 30.1 Å². The maximum atomic E-state index is 5.29. The Morgan fingerprint density at radius 2 is 2.12 bits per heavy atom. The van der Waals surface area contributed by atoms with Crippen molar-refractivity contribution in [3.63, 3.8) is 0 Å². The lowest BCUT2D eigenvalue weighted by molar-refractivity contribution is 0.262. The number of hydrogen-bond donors (Lipinski definition) is 2. The molecule has 94 valence electrons. The van der Waals surface area contributed by atoms with Gasteiger partial charge in [0.1, 0.15) is 5.82 Å². The number of pyridine rings is 1. The van der Waals surface area contributed by atoms with Crippen molar-refractivity contribution in [3.8, 4) is 0 Å². The molecule has 1 saturated heterocycles. The first-order valence-corrected chi connectivity index (χ1v) is 6.91. The van der Waals surface area contributed by atoms with Crippen LogP contribution < -0.4 is 11.3 Å². The molecule has 2 heterocycles. The minimum absolute atomic E-state index is 0.713. The van der Waals surface area contributed by atoms with Gasteiger partial charge in [-0.1, -0.05) is 19.9 Å². The molecule has 17 heavy (non-hydrogen) atoms. The molecule has 0 bridgehead atoms. The second-order valence-corrected chi connectivity index (χ2v) is 6.53. The van der Waals surface area contributed by atoms with Crippen LogP contribution >= 0.6 is 11.8 Å². The van der Waals surface area contributed by atoms with Crippen molar-refractivity contribution in [2.75, 3.05) is 18.5 Å². The number of nitrogens with one attached hydrogen (secondary N) is 1.